The lowest BCUT2D eigenvalue weighted by Crippen LogP contribution is -0.705. The summed E-state index contributed by atoms with van der Waals surface area (Å²) in [5.74, 6) is 0. The Labute approximate surface area is 29.0 Å². The van der Waals surface area contributed by atoms with Gasteiger partial charge in [0.15, 0.2) is 0 Å². The van der Waals surface area contributed by atoms with Gasteiger partial charge in [-0.05, 0) is 5.17 Å². The Morgan fingerprint density at radius 3 is 2.25 bits per heavy atom. The number of rotatable bonds is 0. The highest BCUT2D eigenvalue weighted by atomic mass is 32.2. The van der Waals surface area contributed by atoms with Gasteiger partial charge >= 0.3 is 0 Å². The first-order chi connectivity index (χ1) is 1.89. The molecule has 0 spiro atoms. The minimum absolute atomic E-state index is 0.157. The van der Waals surface area contributed by atoms with E-state index >= 15 is 0 Å². The van der Waals surface area contributed by atoms with Crippen molar-refractivity contribution in [3.05, 3.63) is 0 Å². The van der Waals surface area contributed by atoms with E-state index in [-0.39, 0.29) is 6.52 Å². The van der Waals surface area contributed by atoms with Crippen LogP contribution in [-0.2, 0) is 0 Å². The topological polar surface area (TPSA) is 0 Å². The van der Waals surface area contributed by atoms with Gasteiger partial charge in [0.25, 0.3) is 0 Å². The summed E-state index contributed by atoms with van der Waals surface area (Å²) in [5, 5.41) is 3.05. The Kier molecular flexibility index (Phi) is 0.593. The van der Waals surface area contributed by atoms with Crippen LogP contribution >= 0.6 is 22.9 Å². The lowest BCUT2D eigenvalue weighted by molar-refractivity contribution is 4.69. The van der Waals surface area contributed by atoms with E-state index in [1.165, 1.54) is 7.89 Å². The largest absolute Gasteiger partial charge is 0.0797 e. The van der Waals surface area contributed by atoms with Gasteiger partial charge in [-0.25, -0.2) is 0 Å². The molecule has 20 valence electrons. The lowest BCUT2D eigenvalue weighted by Gasteiger charge is -1.24. The third kappa shape index (κ3) is 0.559. The molecule has 1 atom stereocenters. The molecule has 0 aromatic carbocycles. The quantitative estimate of drug-likeness (QED) is 0.414. The zero-order valence-corrected chi connectivity index (χ0v) is 4.68. The maximum atomic E-state index is 3.36. The van der Waals surface area contributed by atoms with Crippen LogP contribution in [0.5, 0.6) is 0 Å². The van der Waals surface area contributed by atoms with Crippen molar-refractivity contribution in [3.8, 4) is 0 Å². The van der Waals surface area contributed by atoms with E-state index in [0.29, 0.717) is 0 Å². The fraction of sp³-hybridized carbons (Fsp3) is 0. The molecule has 0 saturated heterocycles. The maximum absolute atomic E-state index is 3.36. The SMILES string of the molecule is P=P1=C=P1. The molecule has 0 N–H and O–H groups in total. The second kappa shape index (κ2) is 0.819. The van der Waals surface area contributed by atoms with E-state index in [2.05, 4.69) is 13.7 Å². The molecular formula is CHP3. The Morgan fingerprint density at radius 2 is 2.25 bits per heavy atom. The summed E-state index contributed by atoms with van der Waals surface area (Å²) in [6.45, 7) is 0.157. The Bertz CT molecular complexity index is 103. The zero-order valence-electron chi connectivity index (χ0n) is 1.89. The van der Waals surface area contributed by atoms with Gasteiger partial charge in [0.05, 0.1) is 0 Å². The third-order valence-corrected chi connectivity index (χ3v) is 3.60. The Hall–Kier alpha value is 0.680. The summed E-state index contributed by atoms with van der Waals surface area (Å²) in [6, 6.07) is 0. The van der Waals surface area contributed by atoms with Crippen LogP contribution in [0.25, 0.3) is 0 Å². The molecule has 0 fully saturated rings. The van der Waals surface area contributed by atoms with Crippen molar-refractivity contribution in [3.63, 3.8) is 0 Å². The highest BCUT2D eigenvalue weighted by Gasteiger charge is 1.72. The summed E-state index contributed by atoms with van der Waals surface area (Å²) in [5.41, 5.74) is 0. The van der Waals surface area contributed by atoms with Gasteiger partial charge in [0.1, 0.15) is 0 Å². The molecule has 1 aliphatic heterocycles. The van der Waals surface area contributed by atoms with Crippen LogP contribution in [0.2, 0.25) is 0 Å². The van der Waals surface area contributed by atoms with Crippen LogP contribution in [0.3, 0.4) is 0 Å². The van der Waals surface area contributed by atoms with E-state index in [9.17, 15) is 0 Å². The minimum atomic E-state index is 0.157. The Morgan fingerprint density at radius 1 is 2.00 bits per heavy atom. The average molecular weight is 106 g/mol. The fourth-order valence-electron chi connectivity index (χ4n) is 0.0224. The van der Waals surface area contributed by atoms with Crippen LogP contribution < -0.4 is 0 Å². The van der Waals surface area contributed by atoms with Crippen molar-refractivity contribution in [1.82, 2.24) is 0 Å². The molecule has 1 unspecified atom stereocenters. The molecule has 0 aromatic heterocycles. The predicted octanol–water partition coefficient (Wildman–Crippen LogP) is 2.04. The molecule has 1 rings (SSSR count). The van der Waals surface area contributed by atoms with Gasteiger partial charge in [-0.1, -0.05) is 8.53 Å². The van der Waals surface area contributed by atoms with Crippen LogP contribution in [0, 0.1) is 0 Å². The monoisotopic (exact) mass is 106 g/mol. The van der Waals surface area contributed by atoms with Crippen molar-refractivity contribution in [2.24, 2.45) is 0 Å². The molecule has 0 saturated carbocycles. The zero-order chi connectivity index (χ0) is 2.99. The Balaban J connectivity index is 3.45. The first-order valence-corrected chi connectivity index (χ1v) is 5.15. The van der Waals surface area contributed by atoms with Crippen molar-refractivity contribution < 1.29 is 0 Å². The second-order valence-corrected chi connectivity index (χ2v) is 6.41. The van der Waals surface area contributed by atoms with Gasteiger partial charge in [0, 0.05) is 14.4 Å². The van der Waals surface area contributed by atoms with Crippen molar-refractivity contribution in [2.45, 2.75) is 0 Å². The molecule has 0 amide bonds. The van der Waals surface area contributed by atoms with E-state index in [1.54, 1.807) is 0 Å². The standard InChI is InChI=1S/CHP3/c2-4-1-3-4/h2H. The first-order valence-electron chi connectivity index (χ1n) is 0.871. The summed E-state index contributed by atoms with van der Waals surface area (Å²) >= 11 is 0. The molecule has 0 nitrogen and oxygen atoms in total. The van der Waals surface area contributed by atoms with Gasteiger partial charge in [-0.2, -0.15) is 0 Å². The first kappa shape index (κ1) is 2.89. The molecule has 4 heavy (non-hydrogen) atoms. The summed E-state index contributed by atoms with van der Waals surface area (Å²) in [7, 11) is 4.76. The van der Waals surface area contributed by atoms with Crippen LogP contribution in [0.1, 0.15) is 0 Å². The van der Waals surface area contributed by atoms with Gasteiger partial charge in [-0.3, -0.25) is 0 Å². The van der Waals surface area contributed by atoms with Gasteiger partial charge in [0.2, 0.25) is 0 Å². The maximum Gasteiger partial charge on any atom is 0.0220 e. The number of hydrogen-bond donors (Lipinski definition) is 0. The average Bonchev–Trinajstić information content (AvgIpc) is 1.75. The normalized spacial score (nSPS) is 28.5. The summed E-state index contributed by atoms with van der Waals surface area (Å²) in [6.07, 6.45) is 0. The molecule has 1 aliphatic rings. The van der Waals surface area contributed by atoms with E-state index < -0.39 is 0 Å². The highest BCUT2D eigenvalue weighted by Crippen LogP contribution is 2.41. The van der Waals surface area contributed by atoms with Crippen LogP contribution in [0.4, 0.5) is 0 Å². The molecule has 0 aromatic rings. The molecule has 1 heterocycles. The van der Waals surface area contributed by atoms with E-state index in [0.717, 1.165) is 0 Å². The lowest BCUT2D eigenvalue weighted by atomic mass is 12.0. The highest BCUT2D eigenvalue weighted by molar-refractivity contribution is 8.40. The molecule has 0 aliphatic carbocycles. The van der Waals surface area contributed by atoms with Gasteiger partial charge in [-0.15, -0.1) is 0 Å². The van der Waals surface area contributed by atoms with Crippen molar-refractivity contribution in [2.75, 3.05) is 0 Å². The molecule has 0 radical (unpaired) electrons. The summed E-state index contributed by atoms with van der Waals surface area (Å²) in [4.78, 5) is 0. The smallest absolute Gasteiger partial charge is 0.0220 e. The molecule has 0 bridgehead atoms. The van der Waals surface area contributed by atoms with E-state index in [4.69, 9.17) is 0 Å². The summed E-state index contributed by atoms with van der Waals surface area (Å²) < 4.78 is 0. The molecular weight excluding hydrogens is 105 g/mol. The minimum Gasteiger partial charge on any atom is -0.0797 e. The third-order valence-electron chi connectivity index (χ3n) is 0.200. The van der Waals surface area contributed by atoms with E-state index in [1.807, 2.05) is 0 Å². The van der Waals surface area contributed by atoms with Crippen molar-refractivity contribution >= 4 is 28.1 Å². The second-order valence-electron chi connectivity index (χ2n) is 0.512. The fourth-order valence-corrected chi connectivity index (χ4v) is 1.81. The molecule has 3 heteroatoms. The van der Waals surface area contributed by atoms with Crippen LogP contribution in [-0.4, -0.2) is 5.17 Å². The number of hydrogen-bond acceptors (Lipinski definition) is 0. The van der Waals surface area contributed by atoms with Crippen LogP contribution in [0.15, 0.2) is 0 Å². The van der Waals surface area contributed by atoms with Crippen molar-refractivity contribution in [1.29, 1.82) is 0 Å². The predicted molar refractivity (Wildman–Crippen MR) is 27.2 cm³/mol. The van der Waals surface area contributed by atoms with Gasteiger partial charge < -0.3 is 0 Å².